The second kappa shape index (κ2) is 5.96. The number of nitrogens with zero attached hydrogens (tertiary/aromatic N) is 3. The lowest BCUT2D eigenvalue weighted by atomic mass is 10.0. The van der Waals surface area contributed by atoms with Crippen LogP contribution in [-0.2, 0) is 0 Å². The predicted octanol–water partition coefficient (Wildman–Crippen LogP) is 2.18. The van der Waals surface area contributed by atoms with Crippen LogP contribution in [0.15, 0.2) is 36.7 Å². The second-order valence-corrected chi connectivity index (χ2v) is 4.41. The van der Waals surface area contributed by atoms with Crippen molar-refractivity contribution in [2.75, 3.05) is 17.6 Å². The Bertz CT molecular complexity index is 603. The Morgan fingerprint density at radius 2 is 2.05 bits per heavy atom. The third kappa shape index (κ3) is 3.00. The molecule has 3 N–H and O–H groups in total. The first-order valence-electron chi connectivity index (χ1n) is 6.13. The molecule has 0 bridgehead atoms. The van der Waals surface area contributed by atoms with Crippen LogP contribution in [-0.4, -0.2) is 21.4 Å². The number of hydrogen-bond acceptors (Lipinski definition) is 6. The van der Waals surface area contributed by atoms with Gasteiger partial charge in [0, 0.05) is 6.54 Å². The molecule has 0 radical (unpaired) electrons. The van der Waals surface area contributed by atoms with Gasteiger partial charge in [0.1, 0.15) is 6.33 Å². The maximum Gasteiger partial charge on any atom is 0.352 e. The van der Waals surface area contributed by atoms with Gasteiger partial charge < -0.3 is 11.1 Å². The lowest BCUT2D eigenvalue weighted by Crippen LogP contribution is -2.13. The van der Waals surface area contributed by atoms with Crippen LogP contribution in [0.2, 0.25) is 0 Å². The minimum atomic E-state index is -0.579. The third-order valence-corrected chi connectivity index (χ3v) is 2.98. The Labute approximate surface area is 116 Å². The summed E-state index contributed by atoms with van der Waals surface area (Å²) in [5.74, 6) is 0.192. The van der Waals surface area contributed by atoms with E-state index in [1.54, 1.807) is 0 Å². The standard InChI is InChI=1S/C13H15N5O2/c1-9(10-5-3-2-4-6-10)7-15-13-11(18(19)20)12(14)16-8-17-13/h2-6,8-9H,7H2,1H3,(H3,14,15,16,17). The molecule has 0 aliphatic rings. The molecule has 104 valence electrons. The van der Waals surface area contributed by atoms with E-state index in [0.717, 1.165) is 5.56 Å². The first kappa shape index (κ1) is 13.7. The van der Waals surface area contributed by atoms with Gasteiger partial charge in [0.25, 0.3) is 0 Å². The number of nitrogens with two attached hydrogens (primary N) is 1. The molecule has 1 aromatic carbocycles. The van der Waals surface area contributed by atoms with Crippen molar-refractivity contribution in [1.29, 1.82) is 0 Å². The number of benzene rings is 1. The fourth-order valence-corrected chi connectivity index (χ4v) is 1.85. The van der Waals surface area contributed by atoms with Crippen LogP contribution in [0.1, 0.15) is 18.4 Å². The molecule has 1 atom stereocenters. The summed E-state index contributed by atoms with van der Waals surface area (Å²) < 4.78 is 0. The first-order chi connectivity index (χ1) is 9.59. The number of hydrogen-bond donors (Lipinski definition) is 2. The molecule has 0 saturated carbocycles. The van der Waals surface area contributed by atoms with Crippen LogP contribution in [0.25, 0.3) is 0 Å². The molecule has 0 spiro atoms. The summed E-state index contributed by atoms with van der Waals surface area (Å²) in [4.78, 5) is 17.9. The van der Waals surface area contributed by atoms with Crippen molar-refractivity contribution < 1.29 is 4.92 Å². The molecule has 0 aliphatic carbocycles. The molecule has 2 rings (SSSR count). The highest BCUT2D eigenvalue weighted by Crippen LogP contribution is 2.27. The van der Waals surface area contributed by atoms with E-state index in [0.29, 0.717) is 6.54 Å². The zero-order valence-electron chi connectivity index (χ0n) is 11.0. The number of nitro groups is 1. The average molecular weight is 273 g/mol. The molecule has 20 heavy (non-hydrogen) atoms. The SMILES string of the molecule is CC(CNc1ncnc(N)c1[N+](=O)[O-])c1ccccc1. The van der Waals surface area contributed by atoms with Gasteiger partial charge in [0.2, 0.25) is 11.6 Å². The largest absolute Gasteiger partial charge is 0.378 e. The van der Waals surface area contributed by atoms with E-state index in [1.807, 2.05) is 37.3 Å². The monoisotopic (exact) mass is 273 g/mol. The molecule has 1 aromatic heterocycles. The van der Waals surface area contributed by atoms with Crippen molar-refractivity contribution in [3.05, 3.63) is 52.3 Å². The van der Waals surface area contributed by atoms with Crippen molar-refractivity contribution in [2.45, 2.75) is 12.8 Å². The van der Waals surface area contributed by atoms with Crippen molar-refractivity contribution in [3.8, 4) is 0 Å². The zero-order chi connectivity index (χ0) is 14.5. The highest BCUT2D eigenvalue weighted by molar-refractivity contribution is 5.67. The Hall–Kier alpha value is -2.70. The molecule has 0 amide bonds. The smallest absolute Gasteiger partial charge is 0.352 e. The van der Waals surface area contributed by atoms with E-state index in [1.165, 1.54) is 6.33 Å². The van der Waals surface area contributed by atoms with E-state index < -0.39 is 4.92 Å². The number of anilines is 2. The number of nitrogen functional groups attached to an aromatic ring is 1. The molecule has 7 heteroatoms. The van der Waals surface area contributed by atoms with Gasteiger partial charge in [-0.3, -0.25) is 10.1 Å². The Balaban J connectivity index is 2.12. The fourth-order valence-electron chi connectivity index (χ4n) is 1.85. The molecule has 2 aromatic rings. The molecule has 0 fully saturated rings. The molecular weight excluding hydrogens is 258 g/mol. The highest BCUT2D eigenvalue weighted by Gasteiger charge is 2.21. The second-order valence-electron chi connectivity index (χ2n) is 4.41. The van der Waals surface area contributed by atoms with Gasteiger partial charge in [-0.1, -0.05) is 37.3 Å². The summed E-state index contributed by atoms with van der Waals surface area (Å²) in [5.41, 5.74) is 6.37. The average Bonchev–Trinajstić information content (AvgIpc) is 2.45. The van der Waals surface area contributed by atoms with Crippen LogP contribution in [0, 0.1) is 10.1 Å². The summed E-state index contributed by atoms with van der Waals surface area (Å²) in [6.07, 6.45) is 1.21. The van der Waals surface area contributed by atoms with Gasteiger partial charge >= 0.3 is 5.69 Å². The van der Waals surface area contributed by atoms with Gasteiger partial charge in [0.05, 0.1) is 4.92 Å². The van der Waals surface area contributed by atoms with E-state index in [2.05, 4.69) is 15.3 Å². The van der Waals surface area contributed by atoms with Gasteiger partial charge in [-0.15, -0.1) is 0 Å². The summed E-state index contributed by atoms with van der Waals surface area (Å²) in [6, 6.07) is 9.87. The molecule has 7 nitrogen and oxygen atoms in total. The van der Waals surface area contributed by atoms with Crippen molar-refractivity contribution in [1.82, 2.24) is 9.97 Å². The van der Waals surface area contributed by atoms with Crippen LogP contribution < -0.4 is 11.1 Å². The summed E-state index contributed by atoms with van der Waals surface area (Å²) in [6.45, 7) is 2.54. The van der Waals surface area contributed by atoms with Crippen molar-refractivity contribution in [3.63, 3.8) is 0 Å². The van der Waals surface area contributed by atoms with Crippen LogP contribution in [0.4, 0.5) is 17.3 Å². The maximum absolute atomic E-state index is 11.0. The summed E-state index contributed by atoms with van der Waals surface area (Å²) in [7, 11) is 0. The van der Waals surface area contributed by atoms with Crippen LogP contribution in [0.5, 0.6) is 0 Å². The Kier molecular flexibility index (Phi) is 4.09. The minimum Gasteiger partial charge on any atom is -0.378 e. The van der Waals surface area contributed by atoms with Gasteiger partial charge in [-0.2, -0.15) is 0 Å². The molecule has 0 aliphatic heterocycles. The molecule has 0 saturated heterocycles. The van der Waals surface area contributed by atoms with Gasteiger partial charge in [0.15, 0.2) is 0 Å². The molecule has 1 unspecified atom stereocenters. The summed E-state index contributed by atoms with van der Waals surface area (Å²) >= 11 is 0. The topological polar surface area (TPSA) is 107 Å². The van der Waals surface area contributed by atoms with E-state index >= 15 is 0 Å². The van der Waals surface area contributed by atoms with Crippen LogP contribution >= 0.6 is 0 Å². The molecular formula is C13H15N5O2. The summed E-state index contributed by atoms with van der Waals surface area (Å²) in [5, 5.41) is 13.9. The molecule has 1 heterocycles. The van der Waals surface area contributed by atoms with E-state index in [4.69, 9.17) is 5.73 Å². The van der Waals surface area contributed by atoms with Crippen molar-refractivity contribution in [2.24, 2.45) is 0 Å². The lowest BCUT2D eigenvalue weighted by molar-refractivity contribution is -0.383. The number of aromatic nitrogens is 2. The zero-order valence-corrected chi connectivity index (χ0v) is 11.0. The quantitative estimate of drug-likeness (QED) is 0.638. The Morgan fingerprint density at radius 1 is 1.35 bits per heavy atom. The van der Waals surface area contributed by atoms with Crippen LogP contribution in [0.3, 0.4) is 0 Å². The minimum absolute atomic E-state index is 0.139. The first-order valence-corrected chi connectivity index (χ1v) is 6.13. The van der Waals surface area contributed by atoms with Gasteiger partial charge in [-0.05, 0) is 11.5 Å². The van der Waals surface area contributed by atoms with E-state index in [-0.39, 0.29) is 23.2 Å². The third-order valence-electron chi connectivity index (χ3n) is 2.98. The Morgan fingerprint density at radius 3 is 2.70 bits per heavy atom. The number of rotatable bonds is 5. The van der Waals surface area contributed by atoms with Gasteiger partial charge in [-0.25, -0.2) is 9.97 Å². The van der Waals surface area contributed by atoms with Crippen molar-refractivity contribution >= 4 is 17.3 Å². The fraction of sp³-hybridized carbons (Fsp3) is 0.231. The predicted molar refractivity (Wildman–Crippen MR) is 76.4 cm³/mol. The van der Waals surface area contributed by atoms with E-state index in [9.17, 15) is 10.1 Å². The normalized spacial score (nSPS) is 11.8. The number of nitrogens with one attached hydrogen (secondary N) is 1. The lowest BCUT2D eigenvalue weighted by Gasteiger charge is -2.13. The highest BCUT2D eigenvalue weighted by atomic mass is 16.6. The maximum atomic E-state index is 11.0.